The SMILES string of the molecule is CCc1ccc2c(-c3cccc(Cl)c3)nn(CC(=O)N(C)c3ccc4nc(C)oc4c3)c(=O)c2c1.O=C=O. The molecule has 0 fully saturated rings. The van der Waals surface area contributed by atoms with Crippen LogP contribution in [0.5, 0.6) is 0 Å². The van der Waals surface area contributed by atoms with Crippen molar-refractivity contribution in [3.05, 3.63) is 87.5 Å². The summed E-state index contributed by atoms with van der Waals surface area (Å²) in [4.78, 5) is 48.6. The fourth-order valence-corrected chi connectivity index (χ4v) is 4.32. The monoisotopic (exact) mass is 530 g/mol. The van der Waals surface area contributed by atoms with Crippen LogP contribution in [0.15, 0.2) is 69.9 Å². The summed E-state index contributed by atoms with van der Waals surface area (Å²) in [6.07, 6.45) is 1.04. The molecule has 2 heterocycles. The zero-order chi connectivity index (χ0) is 27.4. The summed E-state index contributed by atoms with van der Waals surface area (Å²) in [7, 11) is 1.66. The second kappa shape index (κ2) is 11.2. The maximum Gasteiger partial charge on any atom is 0.373 e. The molecule has 0 N–H and O–H groups in total. The summed E-state index contributed by atoms with van der Waals surface area (Å²) in [5.74, 6) is 0.260. The van der Waals surface area contributed by atoms with Gasteiger partial charge in [-0.15, -0.1) is 0 Å². The van der Waals surface area contributed by atoms with E-state index < -0.39 is 0 Å². The summed E-state index contributed by atoms with van der Waals surface area (Å²) in [6.45, 7) is 3.58. The van der Waals surface area contributed by atoms with Crippen LogP contribution in [0.25, 0.3) is 33.1 Å². The first-order valence-corrected chi connectivity index (χ1v) is 12.1. The Kier molecular flexibility index (Phi) is 7.81. The zero-order valence-electron chi connectivity index (χ0n) is 20.9. The second-order valence-corrected chi connectivity index (χ2v) is 8.91. The van der Waals surface area contributed by atoms with Gasteiger partial charge in [0.05, 0.1) is 11.1 Å². The number of fused-ring (bicyclic) bond motifs is 2. The number of nitrogens with zero attached hydrogens (tertiary/aromatic N) is 4. The van der Waals surface area contributed by atoms with Gasteiger partial charge in [0.25, 0.3) is 5.56 Å². The van der Waals surface area contributed by atoms with Gasteiger partial charge >= 0.3 is 6.15 Å². The number of hydrogen-bond donors (Lipinski definition) is 0. The third-order valence-corrected chi connectivity index (χ3v) is 6.29. The van der Waals surface area contributed by atoms with Crippen molar-refractivity contribution in [1.29, 1.82) is 0 Å². The minimum Gasteiger partial charge on any atom is -0.441 e. The summed E-state index contributed by atoms with van der Waals surface area (Å²) in [6, 6.07) is 18.4. The molecule has 0 bridgehead atoms. The van der Waals surface area contributed by atoms with E-state index in [2.05, 4.69) is 10.1 Å². The smallest absolute Gasteiger partial charge is 0.373 e. The van der Waals surface area contributed by atoms with Gasteiger partial charge in [-0.05, 0) is 42.3 Å². The highest BCUT2D eigenvalue weighted by molar-refractivity contribution is 6.30. The first-order chi connectivity index (χ1) is 18.2. The highest BCUT2D eigenvalue weighted by Gasteiger charge is 2.18. The molecule has 0 aliphatic rings. The highest BCUT2D eigenvalue weighted by atomic mass is 35.5. The molecule has 192 valence electrons. The molecule has 10 heteroatoms. The van der Waals surface area contributed by atoms with E-state index in [-0.39, 0.29) is 24.2 Å². The maximum atomic E-state index is 13.4. The average molecular weight is 531 g/mol. The third kappa shape index (κ3) is 5.39. The average Bonchev–Trinajstić information content (AvgIpc) is 3.29. The maximum absolute atomic E-state index is 13.4. The number of amides is 1. The number of aryl methyl sites for hydroxylation is 2. The molecule has 0 aliphatic heterocycles. The number of rotatable bonds is 5. The van der Waals surface area contributed by atoms with Crippen molar-refractivity contribution in [1.82, 2.24) is 14.8 Å². The molecule has 0 atom stereocenters. The predicted octanol–water partition coefficient (Wildman–Crippen LogP) is 4.81. The van der Waals surface area contributed by atoms with Crippen molar-refractivity contribution in [2.45, 2.75) is 26.8 Å². The molecule has 3 aromatic carbocycles. The van der Waals surface area contributed by atoms with E-state index in [0.717, 1.165) is 28.5 Å². The van der Waals surface area contributed by atoms with Gasteiger partial charge in [0.2, 0.25) is 5.91 Å². The first-order valence-electron chi connectivity index (χ1n) is 11.7. The molecule has 9 nitrogen and oxygen atoms in total. The number of halogens is 1. The number of likely N-dealkylation sites (N-methyl/N-ethyl adjacent to an activating group) is 1. The molecule has 0 spiro atoms. The number of oxazole rings is 1. The molecule has 5 aromatic rings. The Balaban J connectivity index is 0.00000107. The summed E-state index contributed by atoms with van der Waals surface area (Å²) in [5.41, 5.74) is 4.03. The molecular formula is C28H23ClN4O5. The Morgan fingerprint density at radius 1 is 1.08 bits per heavy atom. The molecule has 2 aromatic heterocycles. The number of carbonyl (C=O) groups excluding carboxylic acids is 3. The van der Waals surface area contributed by atoms with Gasteiger partial charge in [-0.25, -0.2) is 9.67 Å². The van der Waals surface area contributed by atoms with E-state index >= 15 is 0 Å². The molecule has 0 radical (unpaired) electrons. The lowest BCUT2D eigenvalue weighted by molar-refractivity contribution is -0.191. The number of carbonyl (C=O) groups is 1. The van der Waals surface area contributed by atoms with Crippen LogP contribution in [0, 0.1) is 6.92 Å². The minimum absolute atomic E-state index is 0.220. The quantitative estimate of drug-likeness (QED) is 0.320. The molecule has 0 aliphatic carbocycles. The molecule has 0 unspecified atom stereocenters. The van der Waals surface area contributed by atoms with Crippen molar-refractivity contribution in [2.24, 2.45) is 0 Å². The molecule has 1 amide bonds. The molecule has 38 heavy (non-hydrogen) atoms. The van der Waals surface area contributed by atoms with Crippen molar-refractivity contribution >= 4 is 51.2 Å². The van der Waals surface area contributed by atoms with Gasteiger partial charge in [-0.2, -0.15) is 14.7 Å². The second-order valence-electron chi connectivity index (χ2n) is 8.48. The van der Waals surface area contributed by atoms with Crippen LogP contribution in [-0.4, -0.2) is 33.9 Å². The molecule has 0 saturated carbocycles. The largest absolute Gasteiger partial charge is 0.441 e. The third-order valence-electron chi connectivity index (χ3n) is 6.06. The first kappa shape index (κ1) is 26.5. The number of anilines is 1. The van der Waals surface area contributed by atoms with Crippen LogP contribution < -0.4 is 10.5 Å². The highest BCUT2D eigenvalue weighted by Crippen LogP contribution is 2.28. The van der Waals surface area contributed by atoms with Gasteiger partial charge in [-0.1, -0.05) is 42.8 Å². The topological polar surface area (TPSA) is 115 Å². The van der Waals surface area contributed by atoms with Crippen molar-refractivity contribution in [3.63, 3.8) is 0 Å². The van der Waals surface area contributed by atoms with E-state index in [1.165, 1.54) is 9.58 Å². The van der Waals surface area contributed by atoms with Gasteiger partial charge in [0.15, 0.2) is 11.5 Å². The molecular weight excluding hydrogens is 508 g/mol. The normalized spacial score (nSPS) is 10.6. The Bertz CT molecular complexity index is 1750. The number of hydrogen-bond acceptors (Lipinski definition) is 7. The molecule has 0 saturated heterocycles. The van der Waals surface area contributed by atoms with Gasteiger partial charge in [-0.3, -0.25) is 9.59 Å². The lowest BCUT2D eigenvalue weighted by atomic mass is 10.0. The van der Waals surface area contributed by atoms with Crippen LogP contribution >= 0.6 is 11.6 Å². The standard InChI is InChI=1S/C27H23ClN4O3.CO2/c1-4-17-8-10-21-22(12-17)27(34)32(30-26(21)18-6-5-7-19(28)13-18)15-25(33)31(3)20-9-11-23-24(14-20)35-16(2)29-23;2-1-3/h5-14H,4,15H2,1-3H3;. The van der Waals surface area contributed by atoms with Crippen LogP contribution in [0.3, 0.4) is 0 Å². The zero-order valence-corrected chi connectivity index (χ0v) is 21.7. The van der Waals surface area contributed by atoms with Crippen LogP contribution in [0.2, 0.25) is 5.02 Å². The van der Waals surface area contributed by atoms with Gasteiger partial charge in [0.1, 0.15) is 12.1 Å². The number of aromatic nitrogens is 3. The predicted molar refractivity (Wildman–Crippen MR) is 143 cm³/mol. The van der Waals surface area contributed by atoms with Crippen molar-refractivity contribution in [2.75, 3.05) is 11.9 Å². The van der Waals surface area contributed by atoms with Crippen molar-refractivity contribution < 1.29 is 18.8 Å². The van der Waals surface area contributed by atoms with E-state index in [0.29, 0.717) is 33.3 Å². The van der Waals surface area contributed by atoms with Crippen molar-refractivity contribution in [3.8, 4) is 11.3 Å². The summed E-state index contributed by atoms with van der Waals surface area (Å²) < 4.78 is 6.82. The Morgan fingerprint density at radius 2 is 1.84 bits per heavy atom. The van der Waals surface area contributed by atoms with E-state index in [1.807, 2.05) is 37.3 Å². The van der Waals surface area contributed by atoms with Crippen LogP contribution in [0.1, 0.15) is 18.4 Å². The van der Waals surface area contributed by atoms with Crippen LogP contribution in [0.4, 0.5) is 5.69 Å². The molecule has 5 rings (SSSR count). The lowest BCUT2D eigenvalue weighted by Crippen LogP contribution is -2.35. The Morgan fingerprint density at radius 3 is 2.55 bits per heavy atom. The Labute approximate surface area is 222 Å². The number of benzene rings is 3. The van der Waals surface area contributed by atoms with E-state index in [1.54, 1.807) is 44.3 Å². The lowest BCUT2D eigenvalue weighted by Gasteiger charge is -2.18. The minimum atomic E-state index is -0.316. The summed E-state index contributed by atoms with van der Waals surface area (Å²) in [5, 5.41) is 6.41. The fraction of sp³-hybridized carbons (Fsp3) is 0.179. The fourth-order valence-electron chi connectivity index (χ4n) is 4.13. The Hall–Kier alpha value is -4.59. The van der Waals surface area contributed by atoms with Gasteiger partial charge in [0, 0.05) is 41.7 Å². The van der Waals surface area contributed by atoms with E-state index in [4.69, 9.17) is 25.6 Å². The van der Waals surface area contributed by atoms with Gasteiger partial charge < -0.3 is 9.32 Å². The van der Waals surface area contributed by atoms with E-state index in [9.17, 15) is 9.59 Å². The van der Waals surface area contributed by atoms with Crippen LogP contribution in [-0.2, 0) is 27.3 Å². The summed E-state index contributed by atoms with van der Waals surface area (Å²) >= 11 is 6.23.